The molecular formula is C26H26N4O. The van der Waals surface area contributed by atoms with Gasteiger partial charge in [0.2, 0.25) is 0 Å². The highest BCUT2D eigenvalue weighted by Crippen LogP contribution is 2.34. The summed E-state index contributed by atoms with van der Waals surface area (Å²) in [6.07, 6.45) is 1.76. The molecule has 4 aromatic rings. The van der Waals surface area contributed by atoms with E-state index in [9.17, 15) is 4.79 Å². The van der Waals surface area contributed by atoms with Crippen LogP contribution in [-0.4, -0.2) is 20.6 Å². The molecule has 31 heavy (non-hydrogen) atoms. The van der Waals surface area contributed by atoms with Crippen LogP contribution in [-0.2, 0) is 0 Å². The van der Waals surface area contributed by atoms with Crippen molar-refractivity contribution in [3.63, 3.8) is 0 Å². The first-order chi connectivity index (χ1) is 14.9. The molecule has 4 rings (SSSR count). The number of aromatic nitrogens is 3. The Balaban J connectivity index is 2.04. The maximum atomic E-state index is 13.6. The zero-order valence-corrected chi connectivity index (χ0v) is 18.3. The van der Waals surface area contributed by atoms with E-state index in [0.717, 1.165) is 39.4 Å². The van der Waals surface area contributed by atoms with Crippen molar-refractivity contribution in [3.8, 4) is 5.69 Å². The molecule has 0 aliphatic heterocycles. The highest BCUT2D eigenvalue weighted by Gasteiger charge is 2.23. The third-order valence-corrected chi connectivity index (χ3v) is 5.50. The van der Waals surface area contributed by atoms with Crippen LogP contribution >= 0.6 is 0 Å². The lowest BCUT2D eigenvalue weighted by Crippen LogP contribution is -2.25. The van der Waals surface area contributed by atoms with Gasteiger partial charge in [0, 0.05) is 22.9 Å². The number of hydrogen-bond donors (Lipinski definition) is 0. The van der Waals surface area contributed by atoms with E-state index in [0.29, 0.717) is 5.39 Å². The molecule has 2 aromatic carbocycles. The quantitative estimate of drug-likeness (QED) is 0.387. The number of aliphatic imine (C=N–C) groups is 1. The van der Waals surface area contributed by atoms with E-state index in [4.69, 9.17) is 5.10 Å². The Morgan fingerprint density at radius 2 is 1.81 bits per heavy atom. The molecule has 0 saturated heterocycles. The van der Waals surface area contributed by atoms with Crippen LogP contribution in [0.1, 0.15) is 43.8 Å². The van der Waals surface area contributed by atoms with Gasteiger partial charge in [-0.2, -0.15) is 5.10 Å². The van der Waals surface area contributed by atoms with Gasteiger partial charge >= 0.3 is 0 Å². The summed E-state index contributed by atoms with van der Waals surface area (Å²) in [5.74, 6) is 0.750. The van der Waals surface area contributed by atoms with Crippen LogP contribution in [0.15, 0.2) is 77.0 Å². The molecule has 0 spiro atoms. The fourth-order valence-corrected chi connectivity index (χ4v) is 4.11. The molecule has 0 aliphatic rings. The molecule has 0 aliphatic carbocycles. The van der Waals surface area contributed by atoms with Crippen molar-refractivity contribution < 1.29 is 0 Å². The van der Waals surface area contributed by atoms with E-state index >= 15 is 0 Å². The zero-order valence-electron chi connectivity index (χ0n) is 18.3. The second-order valence-corrected chi connectivity index (χ2v) is 7.70. The number of fused-ring (bicyclic) bond motifs is 1. The number of benzene rings is 2. The summed E-state index contributed by atoms with van der Waals surface area (Å²) >= 11 is 0. The van der Waals surface area contributed by atoms with Gasteiger partial charge in [-0.1, -0.05) is 43.0 Å². The van der Waals surface area contributed by atoms with Crippen LogP contribution in [0.5, 0.6) is 0 Å². The third kappa shape index (κ3) is 3.52. The first-order valence-corrected chi connectivity index (χ1v) is 10.4. The van der Waals surface area contributed by atoms with Gasteiger partial charge in [-0.3, -0.25) is 9.36 Å². The van der Waals surface area contributed by atoms with Crippen molar-refractivity contribution in [1.29, 1.82) is 0 Å². The van der Waals surface area contributed by atoms with Crippen molar-refractivity contribution in [3.05, 3.63) is 94.5 Å². The van der Waals surface area contributed by atoms with Gasteiger partial charge in [0.1, 0.15) is 0 Å². The minimum atomic E-state index is -0.233. The molecule has 5 nitrogen and oxygen atoms in total. The maximum absolute atomic E-state index is 13.6. The lowest BCUT2D eigenvalue weighted by atomic mass is 10.1. The lowest BCUT2D eigenvalue weighted by Gasteiger charge is -2.21. The van der Waals surface area contributed by atoms with E-state index in [-0.39, 0.29) is 11.6 Å². The fraction of sp³-hybridized carbons (Fsp3) is 0.192. The minimum absolute atomic E-state index is 0.0457. The van der Waals surface area contributed by atoms with Gasteiger partial charge < -0.3 is 0 Å². The number of para-hydroxylation sites is 1. The Kier molecular flexibility index (Phi) is 5.42. The molecule has 1 unspecified atom stereocenters. The summed E-state index contributed by atoms with van der Waals surface area (Å²) in [7, 11) is 0. The third-order valence-electron chi connectivity index (χ3n) is 5.50. The minimum Gasteiger partial charge on any atom is -0.279 e. The summed E-state index contributed by atoms with van der Waals surface area (Å²) in [4.78, 5) is 18.2. The monoisotopic (exact) mass is 410 g/mol. The van der Waals surface area contributed by atoms with Crippen molar-refractivity contribution in [2.75, 3.05) is 0 Å². The summed E-state index contributed by atoms with van der Waals surface area (Å²) in [6, 6.07) is 19.3. The number of nitrogens with zero attached hydrogens (tertiary/aromatic N) is 4. The van der Waals surface area contributed by atoms with Gasteiger partial charge in [-0.05, 0) is 62.9 Å². The average molecular weight is 411 g/mol. The molecule has 2 aromatic heterocycles. The normalized spacial score (nSPS) is 12.5. The van der Waals surface area contributed by atoms with Crippen molar-refractivity contribution in [2.24, 2.45) is 4.99 Å². The smallest absolute Gasteiger partial charge is 0.263 e. The molecule has 1 atom stereocenters. The first-order valence-electron chi connectivity index (χ1n) is 10.4. The van der Waals surface area contributed by atoms with Crippen molar-refractivity contribution >= 4 is 28.4 Å². The highest BCUT2D eigenvalue weighted by molar-refractivity contribution is 5.82. The Hall–Kier alpha value is -3.73. The van der Waals surface area contributed by atoms with Gasteiger partial charge in [-0.15, -0.1) is 0 Å². The average Bonchev–Trinajstić information content (AvgIpc) is 3.10. The van der Waals surface area contributed by atoms with Crippen LogP contribution in [0.3, 0.4) is 0 Å². The largest absolute Gasteiger partial charge is 0.279 e. The van der Waals surface area contributed by atoms with Crippen LogP contribution in [0.2, 0.25) is 0 Å². The first kappa shape index (κ1) is 20.5. The van der Waals surface area contributed by atoms with Gasteiger partial charge in [0.05, 0.1) is 17.4 Å². The SMILES string of the molecule is C=C(C)c1c(C)nn(C(C)c2cc3ccccc3c(=O)n2-c2ccccc2)c1/N=C\C. The molecule has 0 N–H and O–H groups in total. The molecule has 0 radical (unpaired) electrons. The van der Waals surface area contributed by atoms with E-state index in [2.05, 4.69) is 17.6 Å². The second kappa shape index (κ2) is 8.19. The molecule has 156 valence electrons. The zero-order chi connectivity index (χ0) is 22.1. The second-order valence-electron chi connectivity index (χ2n) is 7.70. The van der Waals surface area contributed by atoms with E-state index in [1.54, 1.807) is 10.8 Å². The lowest BCUT2D eigenvalue weighted by molar-refractivity contribution is 0.540. The Morgan fingerprint density at radius 1 is 1.13 bits per heavy atom. The number of allylic oxidation sites excluding steroid dienone is 1. The Bertz CT molecular complexity index is 1360. The topological polar surface area (TPSA) is 52.2 Å². The highest BCUT2D eigenvalue weighted by atomic mass is 16.1. The van der Waals surface area contributed by atoms with Crippen molar-refractivity contribution in [1.82, 2.24) is 14.3 Å². The van der Waals surface area contributed by atoms with Gasteiger partial charge in [0.25, 0.3) is 5.56 Å². The van der Waals surface area contributed by atoms with Crippen LogP contribution in [0, 0.1) is 6.92 Å². The van der Waals surface area contributed by atoms with Gasteiger partial charge in [-0.25, -0.2) is 9.67 Å². The van der Waals surface area contributed by atoms with E-state index in [1.807, 2.05) is 87.0 Å². The summed E-state index contributed by atoms with van der Waals surface area (Å²) < 4.78 is 3.67. The number of aryl methyl sites for hydroxylation is 1. The summed E-state index contributed by atoms with van der Waals surface area (Å²) in [6.45, 7) is 12.0. The Labute approximate surface area is 182 Å². The summed E-state index contributed by atoms with van der Waals surface area (Å²) in [5.41, 5.74) is 4.35. The van der Waals surface area contributed by atoms with Gasteiger partial charge in [0.15, 0.2) is 5.82 Å². The van der Waals surface area contributed by atoms with Crippen molar-refractivity contribution in [2.45, 2.75) is 33.7 Å². The van der Waals surface area contributed by atoms with Crippen LogP contribution < -0.4 is 5.56 Å². The number of rotatable bonds is 5. The molecule has 0 saturated carbocycles. The van der Waals surface area contributed by atoms with Crippen LogP contribution in [0.4, 0.5) is 5.82 Å². The predicted octanol–water partition coefficient (Wildman–Crippen LogP) is 5.86. The Morgan fingerprint density at radius 3 is 2.48 bits per heavy atom. The molecule has 0 amide bonds. The standard InChI is InChI=1S/C26H26N4O/c1-6-27-25-24(17(2)3)18(4)28-30(25)19(5)23-16-20-12-10-11-15-22(20)26(31)29(23)21-13-8-7-9-14-21/h6-16,19H,2H2,1,3-5H3/b27-6-. The van der Waals surface area contributed by atoms with E-state index < -0.39 is 0 Å². The fourth-order valence-electron chi connectivity index (χ4n) is 4.11. The van der Waals surface area contributed by atoms with E-state index in [1.165, 1.54) is 0 Å². The number of hydrogen-bond acceptors (Lipinski definition) is 3. The molecule has 0 bridgehead atoms. The maximum Gasteiger partial charge on any atom is 0.263 e. The van der Waals surface area contributed by atoms with Crippen LogP contribution in [0.25, 0.3) is 22.0 Å². The number of pyridine rings is 1. The predicted molar refractivity (Wildman–Crippen MR) is 129 cm³/mol. The molecular weight excluding hydrogens is 384 g/mol. The molecule has 5 heteroatoms. The molecule has 2 heterocycles. The molecule has 0 fully saturated rings. The summed E-state index contributed by atoms with van der Waals surface area (Å²) in [5, 5.41) is 6.39.